The number of ether oxygens (including phenoxy) is 2. The average Bonchev–Trinajstić information content (AvgIpc) is 3.16. The van der Waals surface area contributed by atoms with Gasteiger partial charge in [0.2, 0.25) is 0 Å². The number of azo groups is 3. The number of hydrogen-bond donors (Lipinski definition) is 3. The Morgan fingerprint density at radius 3 is 1.96 bits per heavy atom. The van der Waals surface area contributed by atoms with Crippen LogP contribution in [0.1, 0.15) is 17.5 Å². The molecule has 0 heterocycles. The molecule has 13 nitrogen and oxygen atoms in total. The minimum atomic E-state index is -4.13. The van der Waals surface area contributed by atoms with Gasteiger partial charge < -0.3 is 19.9 Å². The second-order valence-corrected chi connectivity index (χ2v) is 13.8. The maximum absolute atomic E-state index is 11.2. The van der Waals surface area contributed by atoms with Gasteiger partial charge in [0.15, 0.2) is 5.75 Å². The lowest BCUT2D eigenvalue weighted by molar-refractivity contribution is 0.317. The Labute approximate surface area is 312 Å². The van der Waals surface area contributed by atoms with Gasteiger partial charge in [-0.3, -0.25) is 4.55 Å². The molecule has 0 unspecified atom stereocenters. The molecule has 0 aliphatic heterocycles. The van der Waals surface area contributed by atoms with Gasteiger partial charge in [0, 0.05) is 22.8 Å². The molecular weight excluding hydrogens is 707 g/mol. The summed E-state index contributed by atoms with van der Waals surface area (Å²) in [5.74, 6) is 0.675. The van der Waals surface area contributed by atoms with E-state index in [1.54, 1.807) is 31.4 Å². The molecule has 0 saturated heterocycles. The maximum atomic E-state index is 11.2. The fourth-order valence-electron chi connectivity index (χ4n) is 5.31. The highest BCUT2D eigenvalue weighted by molar-refractivity contribution is 7.85. The first-order valence-electron chi connectivity index (χ1n) is 16.8. The second-order valence-electron chi connectivity index (χ2n) is 12.2. The van der Waals surface area contributed by atoms with E-state index in [-0.39, 0.29) is 18.8 Å². The van der Waals surface area contributed by atoms with Crippen molar-refractivity contribution >= 4 is 66.4 Å². The smallest absolute Gasteiger partial charge is 0.264 e. The maximum Gasteiger partial charge on any atom is 0.264 e. The molecule has 0 saturated carbocycles. The van der Waals surface area contributed by atoms with E-state index in [0.29, 0.717) is 45.3 Å². The van der Waals surface area contributed by atoms with Crippen LogP contribution >= 0.6 is 0 Å². The molecule has 0 fully saturated rings. The van der Waals surface area contributed by atoms with Crippen LogP contribution in [0.2, 0.25) is 0 Å². The summed E-state index contributed by atoms with van der Waals surface area (Å²) in [5, 5.41) is 42.1. The second kappa shape index (κ2) is 16.9. The SMILES string of the molecule is COc1ccc(Nc2ccc3c(O)c(N=Nc4cc(C)c(N=Nc5ccc(N=Nc6ccccc6)cc5OCCCS(=O)(=O)O)cc4C)ccc3c2)cc1. The van der Waals surface area contributed by atoms with Crippen molar-refractivity contribution in [2.75, 3.05) is 24.8 Å². The van der Waals surface area contributed by atoms with Crippen LogP contribution in [-0.2, 0) is 10.1 Å². The van der Waals surface area contributed by atoms with Gasteiger partial charge in [-0.2, -0.15) is 28.9 Å². The normalized spacial score (nSPS) is 11.9. The van der Waals surface area contributed by atoms with E-state index in [2.05, 4.69) is 36.0 Å². The Kier molecular flexibility index (Phi) is 11.6. The zero-order valence-corrected chi connectivity index (χ0v) is 30.5. The zero-order chi connectivity index (χ0) is 38.1. The van der Waals surface area contributed by atoms with Crippen molar-refractivity contribution in [2.24, 2.45) is 30.7 Å². The molecule has 0 atom stereocenters. The minimum Gasteiger partial charge on any atom is -0.505 e. The number of nitrogens with zero attached hydrogens (tertiary/aromatic N) is 6. The van der Waals surface area contributed by atoms with E-state index in [0.717, 1.165) is 33.6 Å². The molecule has 3 N–H and O–H groups in total. The number of phenols is 1. The average molecular weight is 744 g/mol. The van der Waals surface area contributed by atoms with Crippen molar-refractivity contribution in [3.05, 3.63) is 126 Å². The highest BCUT2D eigenvalue weighted by Gasteiger charge is 2.11. The van der Waals surface area contributed by atoms with Crippen LogP contribution in [0.4, 0.5) is 45.5 Å². The lowest BCUT2D eigenvalue weighted by atomic mass is 10.1. The van der Waals surface area contributed by atoms with E-state index >= 15 is 0 Å². The third-order valence-electron chi connectivity index (χ3n) is 8.18. The van der Waals surface area contributed by atoms with Crippen molar-refractivity contribution in [3.8, 4) is 17.2 Å². The Bertz CT molecular complexity index is 2470. The number of benzene rings is 6. The molecule has 274 valence electrons. The Hall–Kier alpha value is -6.51. The molecule has 0 aliphatic carbocycles. The van der Waals surface area contributed by atoms with Crippen molar-refractivity contribution in [1.82, 2.24) is 0 Å². The van der Waals surface area contributed by atoms with Crippen molar-refractivity contribution in [1.29, 1.82) is 0 Å². The van der Waals surface area contributed by atoms with Gasteiger partial charge in [-0.05, 0) is 122 Å². The number of methoxy groups -OCH3 is 1. The predicted octanol–water partition coefficient (Wildman–Crippen LogP) is 11.8. The first kappa shape index (κ1) is 37.3. The van der Waals surface area contributed by atoms with E-state index in [1.807, 2.05) is 105 Å². The van der Waals surface area contributed by atoms with Crippen LogP contribution in [0.3, 0.4) is 0 Å². The summed E-state index contributed by atoms with van der Waals surface area (Å²) in [7, 11) is -2.50. The standard InChI is InChI=1S/C40H37N7O6S/c1-26-23-38(47-45-36-18-10-28-24-31(13-17-34(28)40(36)48)41-29-11-15-33(52-3)16-12-29)27(2)22-37(26)46-44-35-19-14-32(43-42-30-8-5-4-6-9-30)25-39(35)53-20-7-21-54(49,50)51/h4-6,8-19,22-25,41,48H,7,20-21H2,1-3H3,(H,49,50,51). The molecule has 0 amide bonds. The highest BCUT2D eigenvalue weighted by Crippen LogP contribution is 2.39. The van der Waals surface area contributed by atoms with Crippen LogP contribution in [0.25, 0.3) is 10.8 Å². The predicted molar refractivity (Wildman–Crippen MR) is 210 cm³/mol. The lowest BCUT2D eigenvalue weighted by Gasteiger charge is -2.10. The molecule has 0 aromatic heterocycles. The van der Waals surface area contributed by atoms with Gasteiger partial charge in [-0.1, -0.05) is 24.3 Å². The fraction of sp³-hybridized carbons (Fsp3) is 0.150. The van der Waals surface area contributed by atoms with Gasteiger partial charge in [-0.15, -0.1) is 10.2 Å². The van der Waals surface area contributed by atoms with E-state index in [1.165, 1.54) is 0 Å². The van der Waals surface area contributed by atoms with Crippen molar-refractivity contribution in [2.45, 2.75) is 20.3 Å². The first-order chi connectivity index (χ1) is 26.0. The Morgan fingerprint density at radius 2 is 1.28 bits per heavy atom. The minimum absolute atomic E-state index is 0.00895. The fourth-order valence-corrected chi connectivity index (χ4v) is 5.80. The quantitative estimate of drug-likeness (QED) is 0.0564. The highest BCUT2D eigenvalue weighted by atomic mass is 32.2. The zero-order valence-electron chi connectivity index (χ0n) is 29.7. The molecular formula is C40H37N7O6S. The lowest BCUT2D eigenvalue weighted by Crippen LogP contribution is -2.08. The first-order valence-corrected chi connectivity index (χ1v) is 18.5. The number of hydrogen-bond acceptors (Lipinski definition) is 12. The molecule has 0 radical (unpaired) electrons. The van der Waals surface area contributed by atoms with Crippen LogP contribution in [0.15, 0.2) is 146 Å². The van der Waals surface area contributed by atoms with Crippen LogP contribution in [0, 0.1) is 13.8 Å². The monoisotopic (exact) mass is 743 g/mol. The largest absolute Gasteiger partial charge is 0.505 e. The molecule has 54 heavy (non-hydrogen) atoms. The van der Waals surface area contributed by atoms with Crippen LogP contribution in [0.5, 0.6) is 17.2 Å². The summed E-state index contributed by atoms with van der Waals surface area (Å²) in [6, 6.07) is 34.8. The molecule has 0 bridgehead atoms. The number of rotatable bonds is 14. The van der Waals surface area contributed by atoms with Crippen LogP contribution < -0.4 is 14.8 Å². The number of aromatic hydroxyl groups is 1. The third-order valence-corrected chi connectivity index (χ3v) is 8.98. The van der Waals surface area contributed by atoms with Gasteiger partial charge >= 0.3 is 0 Å². The van der Waals surface area contributed by atoms with E-state index in [9.17, 15) is 13.5 Å². The van der Waals surface area contributed by atoms with Crippen molar-refractivity contribution in [3.63, 3.8) is 0 Å². The number of fused-ring (bicyclic) bond motifs is 1. The summed E-state index contributed by atoms with van der Waals surface area (Å²) >= 11 is 0. The van der Waals surface area contributed by atoms with Gasteiger partial charge in [0.25, 0.3) is 10.1 Å². The number of anilines is 2. The summed E-state index contributed by atoms with van der Waals surface area (Å²) in [5.41, 5.74) is 6.41. The number of aryl methyl sites for hydroxylation is 2. The molecule has 14 heteroatoms. The van der Waals surface area contributed by atoms with Crippen LogP contribution in [-0.4, -0.2) is 37.5 Å². The van der Waals surface area contributed by atoms with Gasteiger partial charge in [-0.25, -0.2) is 0 Å². The number of nitrogens with one attached hydrogen (secondary N) is 1. The molecule has 0 spiro atoms. The summed E-state index contributed by atoms with van der Waals surface area (Å²) < 4.78 is 42.5. The Balaban J connectivity index is 1.18. The number of phenolic OH excluding ortho intramolecular Hbond substituents is 1. The van der Waals surface area contributed by atoms with Gasteiger partial charge in [0.05, 0.1) is 42.2 Å². The summed E-state index contributed by atoms with van der Waals surface area (Å²) in [6.07, 6.45) is 0.0697. The molecule has 0 aliphatic rings. The van der Waals surface area contributed by atoms with Crippen molar-refractivity contribution < 1.29 is 27.6 Å². The van der Waals surface area contributed by atoms with E-state index < -0.39 is 15.9 Å². The Morgan fingerprint density at radius 1 is 0.648 bits per heavy atom. The summed E-state index contributed by atoms with van der Waals surface area (Å²) in [4.78, 5) is 0. The molecule has 6 rings (SSSR count). The van der Waals surface area contributed by atoms with E-state index in [4.69, 9.17) is 14.0 Å². The summed E-state index contributed by atoms with van der Waals surface area (Å²) in [6.45, 7) is 3.76. The third kappa shape index (κ3) is 9.87. The topological polar surface area (TPSA) is 179 Å². The van der Waals surface area contributed by atoms with Gasteiger partial charge in [0.1, 0.15) is 22.9 Å². The molecule has 6 aromatic carbocycles. The molecule has 6 aromatic rings.